The predicted molar refractivity (Wildman–Crippen MR) is 127 cm³/mol. The van der Waals surface area contributed by atoms with Gasteiger partial charge in [-0.25, -0.2) is 4.99 Å². The second kappa shape index (κ2) is 14.7. The number of carbonyl (C=O) groups excluding carboxylic acids is 1. The van der Waals surface area contributed by atoms with E-state index in [0.717, 1.165) is 16.9 Å². The molecule has 0 atom stereocenters. The van der Waals surface area contributed by atoms with Crippen molar-refractivity contribution >= 4 is 35.8 Å². The number of carbonyl (C=O) groups is 1. The molecular formula is C21H31IN4O4. The van der Waals surface area contributed by atoms with Crippen LogP contribution in [0.15, 0.2) is 46.0 Å². The molecule has 0 radical (unpaired) electrons. The number of guanidine groups is 1. The number of ether oxygens (including phenoxy) is 2. The van der Waals surface area contributed by atoms with Gasteiger partial charge in [0.15, 0.2) is 5.96 Å². The number of aliphatic imine (C=N–C) groups is 1. The summed E-state index contributed by atoms with van der Waals surface area (Å²) < 4.78 is 16.1. The third-order valence-electron chi connectivity index (χ3n) is 3.98. The zero-order valence-corrected chi connectivity index (χ0v) is 20.0. The minimum absolute atomic E-state index is 0. The molecule has 1 aromatic heterocycles. The van der Waals surface area contributed by atoms with E-state index in [4.69, 9.17) is 13.9 Å². The number of hydrogen-bond acceptors (Lipinski definition) is 5. The molecule has 0 aliphatic carbocycles. The second-order valence-corrected chi connectivity index (χ2v) is 6.36. The molecule has 2 aromatic rings. The van der Waals surface area contributed by atoms with Gasteiger partial charge in [-0.05, 0) is 37.6 Å². The molecule has 9 heteroatoms. The van der Waals surface area contributed by atoms with Crippen LogP contribution >= 0.6 is 24.0 Å². The average Bonchev–Trinajstić information content (AvgIpc) is 3.23. The Balaban J connectivity index is 0.00000450. The first-order valence-electron chi connectivity index (χ1n) is 9.65. The molecule has 0 bridgehead atoms. The molecule has 0 spiro atoms. The van der Waals surface area contributed by atoms with E-state index in [1.165, 1.54) is 0 Å². The van der Waals surface area contributed by atoms with Crippen LogP contribution in [0.2, 0.25) is 0 Å². The van der Waals surface area contributed by atoms with Gasteiger partial charge in [-0.15, -0.1) is 24.0 Å². The summed E-state index contributed by atoms with van der Waals surface area (Å²) in [5, 5.41) is 8.97. The molecule has 2 rings (SSSR count). The normalized spacial score (nSPS) is 10.8. The maximum Gasteiger partial charge on any atom is 0.239 e. The summed E-state index contributed by atoms with van der Waals surface area (Å²) in [6.45, 7) is 6.56. The van der Waals surface area contributed by atoms with Crippen molar-refractivity contribution in [3.05, 3.63) is 53.5 Å². The lowest BCUT2D eigenvalue weighted by molar-refractivity contribution is -0.120. The summed E-state index contributed by atoms with van der Waals surface area (Å²) in [5.74, 6) is 1.91. The van der Waals surface area contributed by atoms with Crippen molar-refractivity contribution in [3.63, 3.8) is 0 Å². The van der Waals surface area contributed by atoms with Crippen molar-refractivity contribution in [2.24, 2.45) is 4.99 Å². The summed E-state index contributed by atoms with van der Waals surface area (Å²) in [5.41, 5.74) is 2.08. The van der Waals surface area contributed by atoms with E-state index in [9.17, 15) is 4.79 Å². The van der Waals surface area contributed by atoms with E-state index >= 15 is 0 Å². The van der Waals surface area contributed by atoms with Crippen LogP contribution in [0.5, 0.6) is 5.75 Å². The van der Waals surface area contributed by atoms with Crippen LogP contribution in [0.1, 0.15) is 23.8 Å². The summed E-state index contributed by atoms with van der Waals surface area (Å²) >= 11 is 0. The van der Waals surface area contributed by atoms with Gasteiger partial charge in [-0.2, -0.15) is 0 Å². The van der Waals surface area contributed by atoms with Gasteiger partial charge in [0.05, 0.1) is 32.5 Å². The van der Waals surface area contributed by atoms with Crippen molar-refractivity contribution in [1.82, 2.24) is 16.0 Å². The number of halogens is 1. The average molecular weight is 530 g/mol. The number of benzene rings is 1. The molecule has 0 fully saturated rings. The molecule has 1 amide bonds. The highest BCUT2D eigenvalue weighted by atomic mass is 127. The van der Waals surface area contributed by atoms with Crippen LogP contribution in [-0.4, -0.2) is 45.3 Å². The standard InChI is InChI=1S/C21H30N4O4.HI/c1-4-22-21(25-15-20(26)23-14-18-6-5-9-28-18)24-13-17-8-7-16(2)12-19(17)29-11-10-27-3;/h5-9,12H,4,10-11,13-15H2,1-3H3,(H,23,26)(H2,22,24,25);1H. The Kier molecular flexibility index (Phi) is 12.6. The molecule has 0 aliphatic rings. The van der Waals surface area contributed by atoms with Gasteiger partial charge in [0.2, 0.25) is 5.91 Å². The monoisotopic (exact) mass is 530 g/mol. The van der Waals surface area contributed by atoms with Crippen LogP contribution < -0.4 is 20.7 Å². The van der Waals surface area contributed by atoms with Crippen LogP contribution in [0.3, 0.4) is 0 Å². The Morgan fingerprint density at radius 2 is 2.00 bits per heavy atom. The van der Waals surface area contributed by atoms with Crippen molar-refractivity contribution in [2.45, 2.75) is 26.9 Å². The SMILES string of the molecule is CCNC(=NCc1ccc(C)cc1OCCOC)NCC(=O)NCc1ccco1.I. The highest BCUT2D eigenvalue weighted by Gasteiger charge is 2.07. The van der Waals surface area contributed by atoms with E-state index in [0.29, 0.717) is 44.6 Å². The number of furan rings is 1. The Morgan fingerprint density at radius 3 is 2.70 bits per heavy atom. The van der Waals surface area contributed by atoms with E-state index in [1.54, 1.807) is 19.4 Å². The van der Waals surface area contributed by atoms with Gasteiger partial charge >= 0.3 is 0 Å². The molecule has 8 nitrogen and oxygen atoms in total. The first-order valence-corrected chi connectivity index (χ1v) is 9.65. The number of nitrogens with one attached hydrogen (secondary N) is 3. The molecule has 3 N–H and O–H groups in total. The fraction of sp³-hybridized carbons (Fsp3) is 0.429. The van der Waals surface area contributed by atoms with Crippen molar-refractivity contribution in [2.75, 3.05) is 33.4 Å². The number of aryl methyl sites for hydroxylation is 1. The molecule has 0 saturated heterocycles. The Labute approximate surface area is 194 Å². The number of hydrogen-bond donors (Lipinski definition) is 3. The summed E-state index contributed by atoms with van der Waals surface area (Å²) in [6, 6.07) is 9.61. The number of rotatable bonds is 11. The number of methoxy groups -OCH3 is 1. The van der Waals surface area contributed by atoms with E-state index < -0.39 is 0 Å². The topological polar surface area (TPSA) is 97.1 Å². The number of nitrogens with zero attached hydrogens (tertiary/aromatic N) is 1. The Hall–Kier alpha value is -2.27. The summed E-state index contributed by atoms with van der Waals surface area (Å²) in [7, 11) is 1.64. The minimum Gasteiger partial charge on any atom is -0.491 e. The molecule has 30 heavy (non-hydrogen) atoms. The van der Waals surface area contributed by atoms with Gasteiger partial charge in [-0.3, -0.25) is 4.79 Å². The quantitative estimate of drug-likeness (QED) is 0.179. The highest BCUT2D eigenvalue weighted by Crippen LogP contribution is 2.21. The molecule has 0 saturated carbocycles. The van der Waals surface area contributed by atoms with Crippen LogP contribution in [0.4, 0.5) is 0 Å². The van der Waals surface area contributed by atoms with Crippen LogP contribution in [-0.2, 0) is 22.6 Å². The van der Waals surface area contributed by atoms with Gasteiger partial charge in [-0.1, -0.05) is 12.1 Å². The third kappa shape index (κ3) is 9.49. The van der Waals surface area contributed by atoms with E-state index in [-0.39, 0.29) is 36.4 Å². The summed E-state index contributed by atoms with van der Waals surface area (Å²) in [4.78, 5) is 16.6. The third-order valence-corrected chi connectivity index (χ3v) is 3.98. The highest BCUT2D eigenvalue weighted by molar-refractivity contribution is 14.0. The maximum atomic E-state index is 12.0. The lowest BCUT2D eigenvalue weighted by atomic mass is 10.1. The Bertz CT molecular complexity index is 781. The predicted octanol–water partition coefficient (Wildman–Crippen LogP) is 2.60. The first kappa shape index (κ1) is 25.8. The van der Waals surface area contributed by atoms with Crippen LogP contribution in [0, 0.1) is 6.92 Å². The molecule has 0 unspecified atom stereocenters. The van der Waals surface area contributed by atoms with Crippen molar-refractivity contribution in [1.29, 1.82) is 0 Å². The van der Waals surface area contributed by atoms with E-state index in [1.807, 2.05) is 38.1 Å². The Morgan fingerprint density at radius 1 is 1.17 bits per heavy atom. The molecule has 0 aliphatic heterocycles. The van der Waals surface area contributed by atoms with E-state index in [2.05, 4.69) is 20.9 Å². The largest absolute Gasteiger partial charge is 0.491 e. The van der Waals surface area contributed by atoms with Crippen LogP contribution in [0.25, 0.3) is 0 Å². The molecule has 1 heterocycles. The number of amides is 1. The lowest BCUT2D eigenvalue weighted by Crippen LogP contribution is -2.43. The lowest BCUT2D eigenvalue weighted by Gasteiger charge is -2.13. The smallest absolute Gasteiger partial charge is 0.239 e. The second-order valence-electron chi connectivity index (χ2n) is 6.36. The zero-order chi connectivity index (χ0) is 20.9. The fourth-order valence-corrected chi connectivity index (χ4v) is 2.49. The summed E-state index contributed by atoms with van der Waals surface area (Å²) in [6.07, 6.45) is 1.58. The first-order chi connectivity index (χ1) is 14.1. The zero-order valence-electron chi connectivity index (χ0n) is 17.7. The molecule has 1 aromatic carbocycles. The van der Waals surface area contributed by atoms with Gasteiger partial charge in [0.1, 0.15) is 18.1 Å². The minimum atomic E-state index is -0.147. The maximum absolute atomic E-state index is 12.0. The van der Waals surface area contributed by atoms with Gasteiger partial charge < -0.3 is 29.8 Å². The van der Waals surface area contributed by atoms with Crippen molar-refractivity contribution < 1.29 is 18.7 Å². The molecule has 166 valence electrons. The van der Waals surface area contributed by atoms with Gasteiger partial charge in [0, 0.05) is 19.2 Å². The van der Waals surface area contributed by atoms with Gasteiger partial charge in [0.25, 0.3) is 0 Å². The molecular weight excluding hydrogens is 499 g/mol. The van der Waals surface area contributed by atoms with Crippen molar-refractivity contribution in [3.8, 4) is 5.75 Å². The fourth-order valence-electron chi connectivity index (χ4n) is 2.49.